The van der Waals surface area contributed by atoms with E-state index in [9.17, 15) is 4.39 Å². The monoisotopic (exact) mass is 529 g/mol. The van der Waals surface area contributed by atoms with Gasteiger partial charge in [-0.15, -0.1) is 0 Å². The van der Waals surface area contributed by atoms with Gasteiger partial charge in [0.05, 0.1) is 27.4 Å². The third kappa shape index (κ3) is 4.85. The number of aryl methyl sites for hydroxylation is 1. The average Bonchev–Trinajstić information content (AvgIpc) is 2.98. The van der Waals surface area contributed by atoms with Gasteiger partial charge in [0, 0.05) is 11.0 Å². The molecule has 206 valence electrons. The first-order chi connectivity index (χ1) is 19.1. The summed E-state index contributed by atoms with van der Waals surface area (Å²) in [5.41, 5.74) is 6.48. The molecular formula is C34H40FNO3. The van der Waals surface area contributed by atoms with E-state index in [1.807, 2.05) is 12.1 Å². The van der Waals surface area contributed by atoms with Gasteiger partial charge >= 0.3 is 0 Å². The number of likely N-dealkylation sites (tertiary alicyclic amines) is 1. The number of hydrogen-bond acceptors (Lipinski definition) is 4. The Morgan fingerprint density at radius 3 is 2.46 bits per heavy atom. The largest absolute Gasteiger partial charge is 0.493 e. The second-order valence-corrected chi connectivity index (χ2v) is 11.7. The standard InChI is InChI=1S/C34H40FNO3/c1-37-31-20-25-14-17-33(22-27(25)21-32(31)38-2)15-5-6-18-36(33)19-7-16-34(28-10-12-29(35)13-11-28)24-39-23-26-8-3-4-9-30(26)34/h3-4,8-13,20-21H,5-7,14-19,22-24H2,1-2H3. The quantitative estimate of drug-likeness (QED) is 0.335. The fourth-order valence-electron chi connectivity index (χ4n) is 7.61. The van der Waals surface area contributed by atoms with Crippen molar-refractivity contribution in [2.45, 2.75) is 68.9 Å². The highest BCUT2D eigenvalue weighted by Gasteiger charge is 2.43. The molecule has 5 heteroatoms. The summed E-state index contributed by atoms with van der Waals surface area (Å²) in [7, 11) is 3.44. The smallest absolute Gasteiger partial charge is 0.161 e. The lowest BCUT2D eigenvalue weighted by Crippen LogP contribution is -2.55. The van der Waals surface area contributed by atoms with Crippen LogP contribution >= 0.6 is 0 Å². The van der Waals surface area contributed by atoms with Crippen LogP contribution < -0.4 is 9.47 Å². The molecule has 2 aliphatic heterocycles. The maximum Gasteiger partial charge on any atom is 0.161 e. The van der Waals surface area contributed by atoms with Gasteiger partial charge in [-0.1, -0.05) is 42.8 Å². The lowest BCUT2D eigenvalue weighted by Gasteiger charge is -2.50. The van der Waals surface area contributed by atoms with E-state index in [4.69, 9.17) is 14.2 Å². The van der Waals surface area contributed by atoms with Crippen LogP contribution in [0.5, 0.6) is 11.5 Å². The molecule has 2 unspecified atom stereocenters. The van der Waals surface area contributed by atoms with Crippen molar-refractivity contribution in [2.24, 2.45) is 0 Å². The molecule has 3 aromatic carbocycles. The zero-order valence-electron chi connectivity index (χ0n) is 23.3. The van der Waals surface area contributed by atoms with Crippen LogP contribution in [0.25, 0.3) is 0 Å². The van der Waals surface area contributed by atoms with Crippen molar-refractivity contribution in [1.29, 1.82) is 0 Å². The van der Waals surface area contributed by atoms with E-state index in [1.165, 1.54) is 47.9 Å². The van der Waals surface area contributed by atoms with Crippen molar-refractivity contribution in [2.75, 3.05) is 33.9 Å². The van der Waals surface area contributed by atoms with Crippen LogP contribution in [-0.2, 0) is 29.6 Å². The van der Waals surface area contributed by atoms with Gasteiger partial charge in [-0.3, -0.25) is 4.90 Å². The molecule has 0 saturated carbocycles. The van der Waals surface area contributed by atoms with Crippen molar-refractivity contribution < 1.29 is 18.6 Å². The number of hydrogen-bond donors (Lipinski definition) is 0. The molecule has 0 N–H and O–H groups in total. The van der Waals surface area contributed by atoms with E-state index < -0.39 is 0 Å². The number of benzene rings is 3. The molecular weight excluding hydrogens is 489 g/mol. The second-order valence-electron chi connectivity index (χ2n) is 11.7. The maximum atomic E-state index is 13.9. The Labute approximate surface area is 232 Å². The number of nitrogens with zero attached hydrogens (tertiary/aromatic N) is 1. The average molecular weight is 530 g/mol. The Hall–Kier alpha value is -2.89. The van der Waals surface area contributed by atoms with Gasteiger partial charge in [-0.25, -0.2) is 4.39 Å². The highest BCUT2D eigenvalue weighted by molar-refractivity contribution is 5.49. The maximum absolute atomic E-state index is 13.9. The summed E-state index contributed by atoms with van der Waals surface area (Å²) in [5.74, 6) is 1.46. The van der Waals surface area contributed by atoms with Gasteiger partial charge < -0.3 is 14.2 Å². The number of methoxy groups -OCH3 is 2. The molecule has 3 aliphatic rings. The number of halogens is 1. The molecule has 1 spiro atoms. The van der Waals surface area contributed by atoms with Crippen LogP contribution in [0.3, 0.4) is 0 Å². The number of ether oxygens (including phenoxy) is 3. The van der Waals surface area contributed by atoms with E-state index in [0.717, 1.165) is 55.8 Å². The van der Waals surface area contributed by atoms with Crippen LogP contribution in [0.4, 0.5) is 4.39 Å². The zero-order chi connectivity index (χ0) is 26.9. The van der Waals surface area contributed by atoms with Crippen molar-refractivity contribution in [3.63, 3.8) is 0 Å². The van der Waals surface area contributed by atoms with Gasteiger partial charge in [0.25, 0.3) is 0 Å². The minimum Gasteiger partial charge on any atom is -0.493 e. The highest BCUT2D eigenvalue weighted by Crippen LogP contribution is 2.45. The predicted octanol–water partition coefficient (Wildman–Crippen LogP) is 6.85. The van der Waals surface area contributed by atoms with Crippen molar-refractivity contribution in [3.8, 4) is 11.5 Å². The Balaban J connectivity index is 1.25. The van der Waals surface area contributed by atoms with E-state index in [0.29, 0.717) is 13.2 Å². The molecule has 0 amide bonds. The second kappa shape index (κ2) is 10.9. The summed E-state index contributed by atoms with van der Waals surface area (Å²) in [4.78, 5) is 2.80. The topological polar surface area (TPSA) is 30.9 Å². The minimum absolute atomic E-state index is 0.194. The Morgan fingerprint density at radius 2 is 1.67 bits per heavy atom. The number of rotatable bonds is 7. The zero-order valence-corrected chi connectivity index (χ0v) is 23.3. The Kier molecular flexibility index (Phi) is 7.39. The summed E-state index contributed by atoms with van der Waals surface area (Å²) in [6, 6.07) is 20.1. The first-order valence-corrected chi connectivity index (χ1v) is 14.5. The first kappa shape index (κ1) is 26.3. The van der Waals surface area contributed by atoms with Gasteiger partial charge in [-0.05, 0) is 110 Å². The summed E-state index contributed by atoms with van der Waals surface area (Å²) in [5, 5.41) is 0. The van der Waals surface area contributed by atoms with Gasteiger partial charge in [0.2, 0.25) is 0 Å². The third-order valence-electron chi connectivity index (χ3n) is 9.64. The van der Waals surface area contributed by atoms with Crippen LogP contribution in [0.15, 0.2) is 60.7 Å². The Morgan fingerprint density at radius 1 is 0.897 bits per heavy atom. The molecule has 0 radical (unpaired) electrons. The van der Waals surface area contributed by atoms with Crippen LogP contribution in [0.1, 0.15) is 66.3 Å². The molecule has 1 aliphatic carbocycles. The normalized spacial score (nSPS) is 24.7. The molecule has 3 aromatic rings. The van der Waals surface area contributed by atoms with E-state index in [1.54, 1.807) is 26.4 Å². The summed E-state index contributed by atoms with van der Waals surface area (Å²) >= 11 is 0. The molecule has 6 rings (SSSR count). The van der Waals surface area contributed by atoms with Crippen molar-refractivity contribution in [1.82, 2.24) is 4.90 Å². The van der Waals surface area contributed by atoms with E-state index >= 15 is 0 Å². The van der Waals surface area contributed by atoms with Gasteiger partial charge in [-0.2, -0.15) is 0 Å². The number of fused-ring (bicyclic) bond motifs is 2. The first-order valence-electron chi connectivity index (χ1n) is 14.5. The fraction of sp³-hybridized carbons (Fsp3) is 0.471. The molecule has 0 bridgehead atoms. The van der Waals surface area contributed by atoms with Crippen LogP contribution in [0.2, 0.25) is 0 Å². The molecule has 1 saturated heterocycles. The highest BCUT2D eigenvalue weighted by atomic mass is 19.1. The van der Waals surface area contributed by atoms with Gasteiger partial charge in [0.15, 0.2) is 11.5 Å². The van der Waals surface area contributed by atoms with Crippen molar-refractivity contribution in [3.05, 3.63) is 94.3 Å². The molecule has 4 nitrogen and oxygen atoms in total. The predicted molar refractivity (Wildman–Crippen MR) is 152 cm³/mol. The van der Waals surface area contributed by atoms with E-state index in [2.05, 4.69) is 41.3 Å². The number of piperidine rings is 1. The van der Waals surface area contributed by atoms with Crippen LogP contribution in [0, 0.1) is 5.82 Å². The third-order valence-corrected chi connectivity index (χ3v) is 9.64. The molecule has 2 heterocycles. The van der Waals surface area contributed by atoms with Crippen molar-refractivity contribution >= 4 is 0 Å². The summed E-state index contributed by atoms with van der Waals surface area (Å²) in [6.07, 6.45) is 9.17. The minimum atomic E-state index is -0.255. The molecule has 39 heavy (non-hydrogen) atoms. The van der Waals surface area contributed by atoms with Gasteiger partial charge in [0.1, 0.15) is 5.82 Å². The molecule has 1 fully saturated rings. The van der Waals surface area contributed by atoms with Crippen LogP contribution in [-0.4, -0.2) is 44.4 Å². The lowest BCUT2D eigenvalue weighted by molar-refractivity contribution is 0.0260. The molecule has 2 atom stereocenters. The summed E-state index contributed by atoms with van der Waals surface area (Å²) < 4.78 is 31.3. The van der Waals surface area contributed by atoms with E-state index in [-0.39, 0.29) is 16.8 Å². The summed E-state index contributed by atoms with van der Waals surface area (Å²) in [6.45, 7) is 3.49. The SMILES string of the molecule is COc1cc2c(cc1OC)CC1(CCCCN1CCCC1(c3ccc(F)cc3)COCc3ccccc31)CC2. The Bertz CT molecular complexity index is 1310. The fourth-order valence-corrected chi connectivity index (χ4v) is 7.61. The lowest BCUT2D eigenvalue weighted by atomic mass is 9.69. The molecule has 0 aromatic heterocycles.